The van der Waals surface area contributed by atoms with Crippen LogP contribution in [0.2, 0.25) is 0 Å². The molecule has 0 aromatic heterocycles. The van der Waals surface area contributed by atoms with Crippen LogP contribution in [-0.4, -0.2) is 19.1 Å². The van der Waals surface area contributed by atoms with Crippen LogP contribution in [0.5, 0.6) is 5.75 Å². The summed E-state index contributed by atoms with van der Waals surface area (Å²) in [5.74, 6) is 0.426. The lowest BCUT2D eigenvalue weighted by molar-refractivity contribution is -0.117. The van der Waals surface area contributed by atoms with Gasteiger partial charge in [0.05, 0.1) is 7.14 Å². The molecule has 0 saturated carbocycles. The van der Waals surface area contributed by atoms with E-state index in [0.29, 0.717) is 13.2 Å². The molecule has 0 aliphatic heterocycles. The van der Waals surface area contributed by atoms with Gasteiger partial charge in [-0.2, -0.15) is 5.26 Å². The number of hydrogen-bond donors (Lipinski definition) is 1. The third-order valence-corrected chi connectivity index (χ3v) is 5.42. The highest BCUT2D eigenvalue weighted by Gasteiger charge is 2.11. The third kappa shape index (κ3) is 6.95. The van der Waals surface area contributed by atoms with E-state index < -0.39 is 0 Å². The van der Waals surface area contributed by atoms with Crippen LogP contribution >= 0.6 is 45.2 Å². The van der Waals surface area contributed by atoms with Crippen molar-refractivity contribution in [1.29, 1.82) is 5.26 Å². The van der Waals surface area contributed by atoms with E-state index in [4.69, 9.17) is 4.74 Å². The van der Waals surface area contributed by atoms with Gasteiger partial charge in [-0.1, -0.05) is 43.0 Å². The maximum Gasteiger partial charge on any atom is 0.261 e. The normalized spacial score (nSPS) is 10.8. The molecule has 0 aliphatic carbocycles. The van der Waals surface area contributed by atoms with Crippen molar-refractivity contribution < 1.29 is 9.53 Å². The van der Waals surface area contributed by atoms with Gasteiger partial charge in [-0.25, -0.2) is 0 Å². The second-order valence-corrected chi connectivity index (χ2v) is 8.25. The molecule has 2 aromatic carbocycles. The molecule has 1 amide bonds. The van der Waals surface area contributed by atoms with Crippen molar-refractivity contribution in [2.75, 3.05) is 13.2 Å². The average Bonchev–Trinajstić information content (AvgIpc) is 2.69. The summed E-state index contributed by atoms with van der Waals surface area (Å²) in [5.41, 5.74) is 2.11. The van der Waals surface area contributed by atoms with Gasteiger partial charge in [0.1, 0.15) is 24.0 Å². The molecule has 0 unspecified atom stereocenters. The molecule has 0 aliphatic rings. The Kier molecular flexibility index (Phi) is 9.50. The van der Waals surface area contributed by atoms with Gasteiger partial charge in [0.25, 0.3) is 5.91 Å². The smallest absolute Gasteiger partial charge is 0.261 e. The standard InChI is InChI=1S/C22H20I2N2O2/c1-2-11-28-21-19(23)13-17(14-20(21)24)12-18(15-25)22(27)26-10-6-9-16-7-4-3-5-8-16/h2-5,7-8,12-14H,1,6,9-11H2,(H,26,27)/b18-12-. The minimum absolute atomic E-state index is 0.0890. The van der Waals surface area contributed by atoms with Crippen LogP contribution < -0.4 is 10.1 Å². The number of ether oxygens (including phenoxy) is 1. The number of nitriles is 1. The first-order valence-electron chi connectivity index (χ1n) is 8.71. The van der Waals surface area contributed by atoms with E-state index in [2.05, 4.69) is 69.2 Å². The topological polar surface area (TPSA) is 62.1 Å². The highest BCUT2D eigenvalue weighted by molar-refractivity contribution is 14.1. The first-order chi connectivity index (χ1) is 13.5. The molecule has 0 heterocycles. The fourth-order valence-electron chi connectivity index (χ4n) is 2.49. The van der Waals surface area contributed by atoms with E-state index in [1.54, 1.807) is 12.2 Å². The quantitative estimate of drug-likeness (QED) is 0.144. The SMILES string of the molecule is C=CCOc1c(I)cc(/C=C(/C#N)C(=O)NCCCc2ccccc2)cc1I. The van der Waals surface area contributed by atoms with Crippen LogP contribution in [0.3, 0.4) is 0 Å². The molecular formula is C22H20I2N2O2. The van der Waals surface area contributed by atoms with Crippen molar-refractivity contribution in [2.45, 2.75) is 12.8 Å². The van der Waals surface area contributed by atoms with Crippen molar-refractivity contribution in [3.05, 3.63) is 79.0 Å². The predicted octanol–water partition coefficient (Wildman–Crippen LogP) is 5.12. The first-order valence-corrected chi connectivity index (χ1v) is 10.9. The van der Waals surface area contributed by atoms with Gasteiger partial charge < -0.3 is 10.1 Å². The summed E-state index contributed by atoms with van der Waals surface area (Å²) >= 11 is 4.37. The Hall–Kier alpha value is -1.86. The number of rotatable bonds is 9. The van der Waals surface area contributed by atoms with E-state index in [1.165, 1.54) is 5.56 Å². The van der Waals surface area contributed by atoms with Gasteiger partial charge in [0.15, 0.2) is 0 Å². The zero-order chi connectivity index (χ0) is 20.4. The van der Waals surface area contributed by atoms with Crippen LogP contribution in [0.15, 0.2) is 60.7 Å². The Bertz CT molecular complexity index is 879. The summed E-state index contributed by atoms with van der Waals surface area (Å²) < 4.78 is 7.48. The summed E-state index contributed by atoms with van der Waals surface area (Å²) in [6.45, 7) is 4.60. The van der Waals surface area contributed by atoms with Gasteiger partial charge in [-0.05, 0) is 87.4 Å². The fourth-order valence-corrected chi connectivity index (χ4v) is 4.62. The van der Waals surface area contributed by atoms with Crippen molar-refractivity contribution in [3.8, 4) is 11.8 Å². The van der Waals surface area contributed by atoms with E-state index in [-0.39, 0.29) is 11.5 Å². The number of carbonyl (C=O) groups is 1. The minimum Gasteiger partial charge on any atom is -0.487 e. The zero-order valence-electron chi connectivity index (χ0n) is 15.3. The second kappa shape index (κ2) is 11.9. The fraction of sp³-hybridized carbons (Fsp3) is 0.182. The average molecular weight is 598 g/mol. The van der Waals surface area contributed by atoms with Crippen LogP contribution in [-0.2, 0) is 11.2 Å². The summed E-state index contributed by atoms with van der Waals surface area (Å²) in [4.78, 5) is 12.3. The van der Waals surface area contributed by atoms with Gasteiger partial charge in [-0.15, -0.1) is 0 Å². The molecule has 1 N–H and O–H groups in total. The van der Waals surface area contributed by atoms with Crippen LogP contribution in [0.1, 0.15) is 17.5 Å². The Morgan fingerprint density at radius 2 is 1.89 bits per heavy atom. The first kappa shape index (κ1) is 22.4. The predicted molar refractivity (Wildman–Crippen MR) is 129 cm³/mol. The largest absolute Gasteiger partial charge is 0.487 e. The third-order valence-electron chi connectivity index (χ3n) is 3.81. The molecule has 0 spiro atoms. The van der Waals surface area contributed by atoms with Crippen molar-refractivity contribution in [3.63, 3.8) is 0 Å². The van der Waals surface area contributed by atoms with E-state index in [9.17, 15) is 10.1 Å². The molecule has 28 heavy (non-hydrogen) atoms. The Morgan fingerprint density at radius 3 is 2.50 bits per heavy atom. The molecule has 0 atom stereocenters. The summed E-state index contributed by atoms with van der Waals surface area (Å²) in [5, 5.41) is 12.2. The highest BCUT2D eigenvalue weighted by Crippen LogP contribution is 2.29. The van der Waals surface area contributed by atoms with Gasteiger partial charge >= 0.3 is 0 Å². The van der Waals surface area contributed by atoms with Gasteiger partial charge in [0, 0.05) is 6.54 Å². The monoisotopic (exact) mass is 598 g/mol. The Balaban J connectivity index is 1.99. The van der Waals surface area contributed by atoms with Crippen molar-refractivity contribution in [2.24, 2.45) is 0 Å². The Labute approximate surface area is 192 Å². The number of carbonyl (C=O) groups excluding carboxylic acids is 1. The van der Waals surface area contributed by atoms with E-state index in [1.807, 2.05) is 36.4 Å². The van der Waals surface area contributed by atoms with Gasteiger partial charge in [-0.3, -0.25) is 4.79 Å². The lowest BCUT2D eigenvalue weighted by Gasteiger charge is -2.10. The van der Waals surface area contributed by atoms with Crippen molar-refractivity contribution in [1.82, 2.24) is 5.32 Å². The van der Waals surface area contributed by atoms with Crippen LogP contribution in [0.4, 0.5) is 0 Å². The molecule has 0 fully saturated rings. The molecular weight excluding hydrogens is 578 g/mol. The molecule has 6 heteroatoms. The van der Waals surface area contributed by atoms with Crippen LogP contribution in [0, 0.1) is 18.5 Å². The number of halogens is 2. The number of nitrogens with one attached hydrogen (secondary N) is 1. The van der Waals surface area contributed by atoms with E-state index >= 15 is 0 Å². The molecule has 2 aromatic rings. The van der Waals surface area contributed by atoms with Crippen molar-refractivity contribution >= 4 is 57.2 Å². The second-order valence-electron chi connectivity index (χ2n) is 5.93. The molecule has 144 valence electrons. The number of aryl methyl sites for hydroxylation is 1. The molecule has 0 saturated heterocycles. The lowest BCUT2D eigenvalue weighted by Crippen LogP contribution is -2.25. The van der Waals surface area contributed by atoms with Crippen LogP contribution in [0.25, 0.3) is 6.08 Å². The number of amides is 1. The Morgan fingerprint density at radius 1 is 1.21 bits per heavy atom. The minimum atomic E-state index is -0.354. The lowest BCUT2D eigenvalue weighted by atomic mass is 10.1. The van der Waals surface area contributed by atoms with E-state index in [0.717, 1.165) is 31.3 Å². The maximum absolute atomic E-state index is 12.3. The molecule has 2 rings (SSSR count). The maximum atomic E-state index is 12.3. The highest BCUT2D eigenvalue weighted by atomic mass is 127. The molecule has 0 bridgehead atoms. The summed E-state index contributed by atoms with van der Waals surface area (Å²) in [7, 11) is 0. The molecule has 4 nitrogen and oxygen atoms in total. The number of hydrogen-bond acceptors (Lipinski definition) is 3. The zero-order valence-corrected chi connectivity index (χ0v) is 19.6. The van der Waals surface area contributed by atoms with Gasteiger partial charge in [0.2, 0.25) is 0 Å². The summed E-state index contributed by atoms with van der Waals surface area (Å²) in [6.07, 6.45) is 5.00. The number of benzene rings is 2. The molecule has 0 radical (unpaired) electrons. The number of nitrogens with zero attached hydrogens (tertiary/aromatic N) is 1. The summed E-state index contributed by atoms with van der Waals surface area (Å²) in [6, 6.07) is 15.9.